The van der Waals surface area contributed by atoms with Crippen LogP contribution >= 0.6 is 0 Å². The summed E-state index contributed by atoms with van der Waals surface area (Å²) in [7, 11) is 1.78. The summed E-state index contributed by atoms with van der Waals surface area (Å²) in [6.45, 7) is 4.13. The standard InChI is InChI=1S/C25H28N4O2/c1-16-5-3-7-20-22(17-8-10-26-11-9-17)24(27-23(16)20)18-6-4-12-29(15-18)25(31)19-13-21(30)28(2)14-19/h3,5,7-11,18-19,27H,4,6,12-15H2,1-2H3/t18-,19-/m0/s1. The molecule has 31 heavy (non-hydrogen) atoms. The first-order chi connectivity index (χ1) is 15.0. The van der Waals surface area contributed by atoms with Crippen LogP contribution in [0.5, 0.6) is 0 Å². The van der Waals surface area contributed by atoms with Crippen molar-refractivity contribution < 1.29 is 9.59 Å². The quantitative estimate of drug-likeness (QED) is 0.707. The number of piperidine rings is 1. The number of carbonyl (C=O) groups excluding carboxylic acids is 2. The molecule has 0 aliphatic carbocycles. The molecule has 0 unspecified atom stereocenters. The summed E-state index contributed by atoms with van der Waals surface area (Å²) >= 11 is 0. The van der Waals surface area contributed by atoms with Crippen LogP contribution < -0.4 is 0 Å². The summed E-state index contributed by atoms with van der Waals surface area (Å²) < 4.78 is 0. The molecule has 0 spiro atoms. The molecule has 1 aromatic carbocycles. The van der Waals surface area contributed by atoms with E-state index >= 15 is 0 Å². The van der Waals surface area contributed by atoms with Crippen molar-refractivity contribution in [1.29, 1.82) is 0 Å². The number of rotatable bonds is 3. The molecule has 1 N–H and O–H groups in total. The number of amides is 2. The van der Waals surface area contributed by atoms with E-state index in [0.29, 0.717) is 19.5 Å². The van der Waals surface area contributed by atoms with Crippen LogP contribution in [0.4, 0.5) is 0 Å². The predicted molar refractivity (Wildman–Crippen MR) is 121 cm³/mol. The lowest BCUT2D eigenvalue weighted by Crippen LogP contribution is -2.43. The summed E-state index contributed by atoms with van der Waals surface area (Å²) in [5.41, 5.74) is 5.95. The van der Waals surface area contributed by atoms with Crippen molar-refractivity contribution in [3.05, 3.63) is 54.0 Å². The van der Waals surface area contributed by atoms with Crippen LogP contribution in [0.2, 0.25) is 0 Å². The van der Waals surface area contributed by atoms with E-state index in [1.54, 1.807) is 11.9 Å². The minimum Gasteiger partial charge on any atom is -0.357 e. The van der Waals surface area contributed by atoms with Gasteiger partial charge in [0.15, 0.2) is 0 Å². The van der Waals surface area contributed by atoms with Gasteiger partial charge >= 0.3 is 0 Å². The molecule has 2 aliphatic heterocycles. The molecule has 6 heteroatoms. The third-order valence-corrected chi connectivity index (χ3v) is 6.87. The van der Waals surface area contributed by atoms with E-state index in [2.05, 4.69) is 47.2 Å². The Morgan fingerprint density at radius 1 is 1.16 bits per heavy atom. The number of H-pyrrole nitrogens is 1. The van der Waals surface area contributed by atoms with Crippen molar-refractivity contribution in [2.45, 2.75) is 32.1 Å². The minimum absolute atomic E-state index is 0.0676. The highest BCUT2D eigenvalue weighted by Gasteiger charge is 2.37. The fraction of sp³-hybridized carbons (Fsp3) is 0.400. The molecule has 6 nitrogen and oxygen atoms in total. The van der Waals surface area contributed by atoms with Crippen molar-refractivity contribution >= 4 is 22.7 Å². The Morgan fingerprint density at radius 3 is 2.71 bits per heavy atom. The first-order valence-corrected chi connectivity index (χ1v) is 11.1. The van der Waals surface area contributed by atoms with Gasteiger partial charge in [0.2, 0.25) is 11.8 Å². The van der Waals surface area contributed by atoms with Crippen LogP contribution in [0, 0.1) is 12.8 Å². The number of hydrogen-bond acceptors (Lipinski definition) is 3. The van der Waals surface area contributed by atoms with E-state index in [9.17, 15) is 9.59 Å². The van der Waals surface area contributed by atoms with Crippen molar-refractivity contribution in [2.24, 2.45) is 5.92 Å². The number of aromatic amines is 1. The number of pyridine rings is 1. The topological polar surface area (TPSA) is 69.3 Å². The number of nitrogens with one attached hydrogen (secondary N) is 1. The average molecular weight is 417 g/mol. The van der Waals surface area contributed by atoms with Gasteiger partial charge < -0.3 is 14.8 Å². The Kier molecular flexibility index (Phi) is 5.00. The molecule has 4 heterocycles. The maximum absolute atomic E-state index is 13.2. The first-order valence-electron chi connectivity index (χ1n) is 11.1. The summed E-state index contributed by atoms with van der Waals surface area (Å²) in [6, 6.07) is 10.5. The van der Waals surface area contributed by atoms with Gasteiger partial charge in [0.1, 0.15) is 0 Å². The van der Waals surface area contributed by atoms with E-state index < -0.39 is 0 Å². The smallest absolute Gasteiger partial charge is 0.228 e. The monoisotopic (exact) mass is 416 g/mol. The van der Waals surface area contributed by atoms with Crippen molar-refractivity contribution in [3.8, 4) is 11.1 Å². The van der Waals surface area contributed by atoms with Gasteiger partial charge in [0.25, 0.3) is 0 Å². The zero-order valence-corrected chi connectivity index (χ0v) is 18.1. The summed E-state index contributed by atoms with van der Waals surface area (Å²) in [5.74, 6) is 0.224. The number of carbonyl (C=O) groups is 2. The molecule has 2 amide bonds. The zero-order valence-electron chi connectivity index (χ0n) is 18.1. The van der Waals surface area contributed by atoms with Gasteiger partial charge in [-0.2, -0.15) is 0 Å². The van der Waals surface area contributed by atoms with E-state index in [1.165, 1.54) is 22.2 Å². The lowest BCUT2D eigenvalue weighted by molar-refractivity contribution is -0.137. The number of fused-ring (bicyclic) bond motifs is 1. The van der Waals surface area contributed by atoms with Crippen LogP contribution in [0.25, 0.3) is 22.0 Å². The summed E-state index contributed by atoms with van der Waals surface area (Å²) in [4.78, 5) is 36.7. The number of likely N-dealkylation sites (tertiary alicyclic amines) is 2. The van der Waals surface area contributed by atoms with Gasteiger partial charge in [0, 0.05) is 73.6 Å². The number of benzene rings is 1. The molecule has 0 saturated carbocycles. The summed E-state index contributed by atoms with van der Waals surface area (Å²) in [5, 5.41) is 1.22. The highest BCUT2D eigenvalue weighted by atomic mass is 16.2. The van der Waals surface area contributed by atoms with Crippen LogP contribution in [0.15, 0.2) is 42.7 Å². The van der Waals surface area contributed by atoms with Gasteiger partial charge in [-0.15, -0.1) is 0 Å². The molecule has 0 radical (unpaired) electrons. The van der Waals surface area contributed by atoms with Crippen LogP contribution in [-0.4, -0.2) is 58.3 Å². The van der Waals surface area contributed by atoms with Gasteiger partial charge in [-0.1, -0.05) is 18.2 Å². The Bertz CT molecular complexity index is 1140. The molecule has 2 saturated heterocycles. The fourth-order valence-corrected chi connectivity index (χ4v) is 5.22. The molecular formula is C25H28N4O2. The van der Waals surface area contributed by atoms with Crippen LogP contribution in [0.3, 0.4) is 0 Å². The second-order valence-electron chi connectivity index (χ2n) is 8.95. The van der Waals surface area contributed by atoms with E-state index in [4.69, 9.17) is 0 Å². The van der Waals surface area contributed by atoms with Crippen LogP contribution in [0.1, 0.15) is 36.4 Å². The summed E-state index contributed by atoms with van der Waals surface area (Å²) in [6.07, 6.45) is 6.01. The second kappa shape index (κ2) is 7.84. The minimum atomic E-state index is -0.208. The Balaban J connectivity index is 1.50. The van der Waals surface area contributed by atoms with E-state index in [-0.39, 0.29) is 23.7 Å². The number of aryl methyl sites for hydroxylation is 1. The van der Waals surface area contributed by atoms with E-state index in [0.717, 1.165) is 30.5 Å². The molecule has 3 aromatic rings. The first kappa shape index (κ1) is 19.8. The lowest BCUT2D eigenvalue weighted by Gasteiger charge is -2.34. The van der Waals surface area contributed by atoms with E-state index in [1.807, 2.05) is 17.3 Å². The molecule has 2 aliphatic rings. The lowest BCUT2D eigenvalue weighted by atomic mass is 9.89. The molecule has 2 fully saturated rings. The third kappa shape index (κ3) is 3.50. The molecule has 5 rings (SSSR count). The Hall–Kier alpha value is -3.15. The molecular weight excluding hydrogens is 388 g/mol. The van der Waals surface area contributed by atoms with Crippen molar-refractivity contribution in [3.63, 3.8) is 0 Å². The maximum Gasteiger partial charge on any atom is 0.228 e. The molecule has 0 bridgehead atoms. The number of hydrogen-bond donors (Lipinski definition) is 1. The largest absolute Gasteiger partial charge is 0.357 e. The SMILES string of the molecule is Cc1cccc2c(-c3ccncc3)c([C@H]3CCCN(C(=O)[C@H]4CC(=O)N(C)C4)C3)[nH]c12. The molecule has 160 valence electrons. The number of para-hydroxylation sites is 1. The van der Waals surface area contributed by atoms with Crippen molar-refractivity contribution in [1.82, 2.24) is 19.8 Å². The van der Waals surface area contributed by atoms with Gasteiger partial charge in [-0.05, 0) is 43.0 Å². The Labute approximate surface area is 182 Å². The number of aromatic nitrogens is 2. The predicted octanol–water partition coefficient (Wildman–Crippen LogP) is 3.72. The average Bonchev–Trinajstić information content (AvgIpc) is 3.35. The molecule has 2 aromatic heterocycles. The van der Waals surface area contributed by atoms with Gasteiger partial charge in [0.05, 0.1) is 5.92 Å². The molecule has 2 atom stereocenters. The highest BCUT2D eigenvalue weighted by Crippen LogP contribution is 2.40. The Morgan fingerprint density at radius 2 is 1.97 bits per heavy atom. The van der Waals surface area contributed by atoms with Crippen molar-refractivity contribution in [2.75, 3.05) is 26.7 Å². The zero-order chi connectivity index (χ0) is 21.5. The van der Waals surface area contributed by atoms with Crippen LogP contribution in [-0.2, 0) is 9.59 Å². The van der Waals surface area contributed by atoms with Gasteiger partial charge in [-0.3, -0.25) is 14.6 Å². The fourth-order valence-electron chi connectivity index (χ4n) is 5.22. The maximum atomic E-state index is 13.2. The number of nitrogens with zero attached hydrogens (tertiary/aromatic N) is 3. The van der Waals surface area contributed by atoms with Gasteiger partial charge in [-0.25, -0.2) is 0 Å². The highest BCUT2D eigenvalue weighted by molar-refractivity contribution is 5.99. The normalized spacial score (nSPS) is 21.8. The third-order valence-electron chi connectivity index (χ3n) is 6.87. The second-order valence-corrected chi connectivity index (χ2v) is 8.95.